The minimum absolute atomic E-state index is 0.0966. The summed E-state index contributed by atoms with van der Waals surface area (Å²) in [6, 6.07) is 11.0. The molecule has 0 aromatic heterocycles. The molecule has 2 heterocycles. The largest absolute Gasteiger partial charge is 0.299 e. The van der Waals surface area contributed by atoms with Crippen LogP contribution in [0.1, 0.15) is 18.4 Å². The van der Waals surface area contributed by atoms with Crippen LogP contribution in [0.4, 0.5) is 5.69 Å². The van der Waals surface area contributed by atoms with Crippen molar-refractivity contribution >= 4 is 34.2 Å². The highest BCUT2D eigenvalue weighted by molar-refractivity contribution is 6.15. The van der Waals surface area contributed by atoms with Crippen LogP contribution < -0.4 is 10.2 Å². The number of imide groups is 1. The fourth-order valence-corrected chi connectivity index (χ4v) is 3.40. The van der Waals surface area contributed by atoms with Crippen LogP contribution in [0.25, 0.3) is 10.8 Å². The van der Waals surface area contributed by atoms with Gasteiger partial charge in [-0.1, -0.05) is 30.3 Å². The first-order chi connectivity index (χ1) is 10.6. The maximum Gasteiger partial charge on any atom is 0.249 e. The Bertz CT molecular complexity index is 823. The number of nitrogens with one attached hydrogen (secondary N) is 1. The third-order valence-corrected chi connectivity index (χ3v) is 4.36. The predicted octanol–water partition coefficient (Wildman–Crippen LogP) is 1.53. The van der Waals surface area contributed by atoms with Crippen LogP contribution in [0.15, 0.2) is 36.4 Å². The summed E-state index contributed by atoms with van der Waals surface area (Å²) in [4.78, 5) is 37.6. The average Bonchev–Trinajstić information content (AvgIpc) is 2.49. The van der Waals surface area contributed by atoms with E-state index in [1.807, 2.05) is 36.4 Å². The van der Waals surface area contributed by atoms with Gasteiger partial charge in [-0.3, -0.25) is 24.6 Å². The van der Waals surface area contributed by atoms with Crippen molar-refractivity contribution in [1.29, 1.82) is 0 Å². The van der Waals surface area contributed by atoms with Crippen molar-refractivity contribution in [2.45, 2.75) is 25.3 Å². The molecule has 4 rings (SSSR count). The van der Waals surface area contributed by atoms with E-state index < -0.39 is 6.04 Å². The molecule has 22 heavy (non-hydrogen) atoms. The third kappa shape index (κ3) is 1.82. The molecule has 0 radical (unpaired) electrons. The number of carbonyl (C=O) groups is 3. The van der Waals surface area contributed by atoms with Crippen molar-refractivity contribution in [2.24, 2.45) is 0 Å². The van der Waals surface area contributed by atoms with E-state index in [1.165, 1.54) is 0 Å². The maximum absolute atomic E-state index is 12.6. The lowest BCUT2D eigenvalue weighted by Crippen LogP contribution is -2.55. The van der Waals surface area contributed by atoms with E-state index >= 15 is 0 Å². The number of amides is 3. The van der Waals surface area contributed by atoms with Gasteiger partial charge in [0.25, 0.3) is 0 Å². The number of benzene rings is 2. The molecule has 2 aliphatic heterocycles. The zero-order chi connectivity index (χ0) is 15.3. The second-order valence-corrected chi connectivity index (χ2v) is 5.70. The lowest BCUT2D eigenvalue weighted by atomic mass is 9.93. The van der Waals surface area contributed by atoms with E-state index in [4.69, 9.17) is 0 Å². The number of piperidine rings is 1. The Hall–Kier alpha value is -2.69. The molecule has 1 fully saturated rings. The highest BCUT2D eigenvalue weighted by Crippen LogP contribution is 2.36. The maximum atomic E-state index is 12.6. The molecule has 5 heteroatoms. The highest BCUT2D eigenvalue weighted by Gasteiger charge is 2.38. The Kier molecular flexibility index (Phi) is 2.76. The molecule has 1 unspecified atom stereocenters. The molecular weight excluding hydrogens is 280 g/mol. The number of carbonyl (C=O) groups excluding carboxylic acids is 3. The predicted molar refractivity (Wildman–Crippen MR) is 81.3 cm³/mol. The lowest BCUT2D eigenvalue weighted by Gasteiger charge is -2.36. The van der Waals surface area contributed by atoms with Crippen LogP contribution in [0, 0.1) is 0 Å². The van der Waals surface area contributed by atoms with Gasteiger partial charge in [0, 0.05) is 11.8 Å². The molecule has 110 valence electrons. The SMILES string of the molecule is O=C1CCC(N2C(=O)Cc3cccc4cccc2c34)C(=O)N1. The number of anilines is 1. The van der Waals surface area contributed by atoms with Crippen molar-refractivity contribution in [1.82, 2.24) is 5.32 Å². The molecule has 0 spiro atoms. The summed E-state index contributed by atoms with van der Waals surface area (Å²) in [5, 5.41) is 4.41. The summed E-state index contributed by atoms with van der Waals surface area (Å²) in [5.74, 6) is -0.758. The van der Waals surface area contributed by atoms with Crippen molar-refractivity contribution in [3.8, 4) is 0 Å². The quantitative estimate of drug-likeness (QED) is 0.811. The van der Waals surface area contributed by atoms with Crippen molar-refractivity contribution in [2.75, 3.05) is 4.90 Å². The van der Waals surface area contributed by atoms with Gasteiger partial charge >= 0.3 is 0 Å². The van der Waals surface area contributed by atoms with E-state index in [2.05, 4.69) is 5.32 Å². The number of hydrogen-bond acceptors (Lipinski definition) is 3. The fourth-order valence-electron chi connectivity index (χ4n) is 3.40. The number of nitrogens with zero attached hydrogens (tertiary/aromatic N) is 1. The zero-order valence-electron chi connectivity index (χ0n) is 11.8. The first-order valence-electron chi connectivity index (χ1n) is 7.31. The Morgan fingerprint density at radius 2 is 1.82 bits per heavy atom. The first kappa shape index (κ1) is 13.0. The Morgan fingerprint density at radius 1 is 1.05 bits per heavy atom. The van der Waals surface area contributed by atoms with Crippen molar-refractivity contribution < 1.29 is 14.4 Å². The van der Waals surface area contributed by atoms with Gasteiger partial charge in [0.05, 0.1) is 12.1 Å². The Balaban J connectivity index is 1.87. The van der Waals surface area contributed by atoms with Crippen LogP contribution in [0.5, 0.6) is 0 Å². The number of hydrogen-bond donors (Lipinski definition) is 1. The van der Waals surface area contributed by atoms with E-state index in [-0.39, 0.29) is 30.6 Å². The van der Waals surface area contributed by atoms with Gasteiger partial charge in [0.1, 0.15) is 6.04 Å². The van der Waals surface area contributed by atoms with E-state index in [0.717, 1.165) is 22.0 Å². The van der Waals surface area contributed by atoms with Gasteiger partial charge in [-0.2, -0.15) is 0 Å². The lowest BCUT2D eigenvalue weighted by molar-refractivity contribution is -0.135. The standard InChI is InChI=1S/C17H14N2O3/c20-14-8-7-13(17(22)18-14)19-12-6-2-4-10-3-1-5-11(16(10)12)9-15(19)21/h1-6,13H,7-9H2,(H,18,20,22). The molecule has 2 aliphatic rings. The van der Waals surface area contributed by atoms with Gasteiger partial charge in [0.2, 0.25) is 17.7 Å². The van der Waals surface area contributed by atoms with Gasteiger partial charge in [-0.25, -0.2) is 0 Å². The molecule has 0 bridgehead atoms. The number of rotatable bonds is 1. The zero-order valence-corrected chi connectivity index (χ0v) is 11.8. The van der Waals surface area contributed by atoms with Crippen LogP contribution in [-0.4, -0.2) is 23.8 Å². The van der Waals surface area contributed by atoms with Gasteiger partial charge in [0.15, 0.2) is 0 Å². The van der Waals surface area contributed by atoms with E-state index in [1.54, 1.807) is 4.90 Å². The minimum Gasteiger partial charge on any atom is -0.299 e. The van der Waals surface area contributed by atoms with Crippen LogP contribution in [0.2, 0.25) is 0 Å². The molecule has 1 atom stereocenters. The molecule has 1 N–H and O–H groups in total. The van der Waals surface area contributed by atoms with Crippen LogP contribution in [-0.2, 0) is 20.8 Å². The summed E-state index contributed by atoms with van der Waals surface area (Å²) in [6.07, 6.45) is 0.916. The van der Waals surface area contributed by atoms with Gasteiger partial charge in [-0.15, -0.1) is 0 Å². The highest BCUT2D eigenvalue weighted by atomic mass is 16.2. The molecular formula is C17H14N2O3. The average molecular weight is 294 g/mol. The Labute approximate surface area is 126 Å². The monoisotopic (exact) mass is 294 g/mol. The molecule has 1 saturated heterocycles. The molecule has 2 aromatic rings. The van der Waals surface area contributed by atoms with Crippen molar-refractivity contribution in [3.63, 3.8) is 0 Å². The summed E-state index contributed by atoms with van der Waals surface area (Å²) >= 11 is 0. The summed E-state index contributed by atoms with van der Waals surface area (Å²) in [6.45, 7) is 0. The smallest absolute Gasteiger partial charge is 0.249 e. The van der Waals surface area contributed by atoms with Crippen molar-refractivity contribution in [3.05, 3.63) is 42.0 Å². The molecule has 0 aliphatic carbocycles. The van der Waals surface area contributed by atoms with E-state index in [0.29, 0.717) is 6.42 Å². The molecule has 5 nitrogen and oxygen atoms in total. The first-order valence-corrected chi connectivity index (χ1v) is 7.31. The van der Waals surface area contributed by atoms with Crippen LogP contribution in [0.3, 0.4) is 0 Å². The van der Waals surface area contributed by atoms with E-state index in [9.17, 15) is 14.4 Å². The van der Waals surface area contributed by atoms with Crippen LogP contribution >= 0.6 is 0 Å². The molecule has 3 amide bonds. The van der Waals surface area contributed by atoms with Gasteiger partial charge < -0.3 is 0 Å². The Morgan fingerprint density at radius 3 is 2.59 bits per heavy atom. The summed E-state index contributed by atoms with van der Waals surface area (Å²) in [5.41, 5.74) is 1.75. The summed E-state index contributed by atoms with van der Waals surface area (Å²) < 4.78 is 0. The molecule has 2 aromatic carbocycles. The van der Waals surface area contributed by atoms with Gasteiger partial charge in [-0.05, 0) is 23.4 Å². The second-order valence-electron chi connectivity index (χ2n) is 5.70. The molecule has 0 saturated carbocycles. The second kappa shape index (κ2) is 4.66. The topological polar surface area (TPSA) is 66.5 Å². The normalized spacial score (nSPS) is 21.2. The minimum atomic E-state index is -0.607. The summed E-state index contributed by atoms with van der Waals surface area (Å²) in [7, 11) is 0. The fraction of sp³-hybridized carbons (Fsp3) is 0.235. The third-order valence-electron chi connectivity index (χ3n) is 4.36.